The fraction of sp³-hybridized carbons (Fsp3) is 0.571. The van der Waals surface area contributed by atoms with Crippen LogP contribution < -0.4 is 10.1 Å². The Balaban J connectivity index is 2.90. The summed E-state index contributed by atoms with van der Waals surface area (Å²) in [4.78, 5) is 0. The van der Waals surface area contributed by atoms with Crippen LogP contribution in [0.25, 0.3) is 0 Å². The highest BCUT2D eigenvalue weighted by molar-refractivity contribution is 6.32. The van der Waals surface area contributed by atoms with Crippen molar-refractivity contribution in [2.75, 3.05) is 13.7 Å². The summed E-state index contributed by atoms with van der Waals surface area (Å²) in [5.74, 6) is 0.785. The molecule has 0 heterocycles. The molecule has 0 saturated carbocycles. The van der Waals surface area contributed by atoms with Crippen molar-refractivity contribution >= 4 is 11.6 Å². The van der Waals surface area contributed by atoms with Gasteiger partial charge in [-0.25, -0.2) is 0 Å². The summed E-state index contributed by atoms with van der Waals surface area (Å²) in [6, 6.07) is 4.56. The molecule has 1 unspecified atom stereocenters. The second-order valence-electron chi connectivity index (χ2n) is 4.24. The van der Waals surface area contributed by atoms with Gasteiger partial charge in [-0.3, -0.25) is 0 Å². The summed E-state index contributed by atoms with van der Waals surface area (Å²) in [7, 11) is 2.00. The molecular formula is C14H22ClNO. The quantitative estimate of drug-likeness (QED) is 0.839. The van der Waals surface area contributed by atoms with E-state index in [0.29, 0.717) is 17.7 Å². The van der Waals surface area contributed by atoms with Crippen LogP contribution in [0.1, 0.15) is 31.4 Å². The molecule has 0 saturated heterocycles. The van der Waals surface area contributed by atoms with Gasteiger partial charge in [-0.2, -0.15) is 0 Å². The molecule has 1 atom stereocenters. The first kappa shape index (κ1) is 14.3. The van der Waals surface area contributed by atoms with E-state index in [1.165, 1.54) is 11.1 Å². The smallest absolute Gasteiger partial charge is 0.138 e. The molecule has 0 fully saturated rings. The molecule has 1 aromatic rings. The highest BCUT2D eigenvalue weighted by atomic mass is 35.5. The molecule has 0 aliphatic carbocycles. The zero-order chi connectivity index (χ0) is 12.8. The van der Waals surface area contributed by atoms with Crippen LogP contribution in [-0.4, -0.2) is 19.7 Å². The van der Waals surface area contributed by atoms with Gasteiger partial charge in [0.15, 0.2) is 0 Å². The molecule has 0 spiro atoms. The van der Waals surface area contributed by atoms with Crippen LogP contribution in [0.4, 0.5) is 0 Å². The molecule has 0 aliphatic heterocycles. The van der Waals surface area contributed by atoms with Crippen molar-refractivity contribution in [2.24, 2.45) is 0 Å². The Bertz CT molecular complexity index is 361. The summed E-state index contributed by atoms with van der Waals surface area (Å²) in [6.07, 6.45) is 2.12. The van der Waals surface area contributed by atoms with Crippen molar-refractivity contribution in [2.45, 2.75) is 39.7 Å². The molecule has 96 valence electrons. The van der Waals surface area contributed by atoms with Gasteiger partial charge in [0.05, 0.1) is 11.6 Å². The van der Waals surface area contributed by atoms with Crippen LogP contribution in [0.5, 0.6) is 5.75 Å². The number of halogens is 1. The summed E-state index contributed by atoms with van der Waals surface area (Å²) in [6.45, 7) is 6.91. The summed E-state index contributed by atoms with van der Waals surface area (Å²) in [5.41, 5.74) is 2.53. The van der Waals surface area contributed by atoms with Crippen molar-refractivity contribution in [1.29, 1.82) is 0 Å². The molecule has 0 aliphatic rings. The van der Waals surface area contributed by atoms with E-state index in [4.69, 9.17) is 16.3 Å². The minimum absolute atomic E-state index is 0.503. The standard InChI is InChI=1S/C14H22ClNO/c1-5-12(16-4)8-11-9-13(15)14(17-6-2)7-10(11)3/h7,9,12,16H,5-6,8H2,1-4H3. The normalized spacial score (nSPS) is 12.5. The third-order valence-corrected chi connectivity index (χ3v) is 3.35. The number of likely N-dealkylation sites (N-methyl/N-ethyl adjacent to an activating group) is 1. The maximum atomic E-state index is 6.20. The molecule has 1 aromatic carbocycles. The maximum absolute atomic E-state index is 6.20. The van der Waals surface area contributed by atoms with Gasteiger partial charge in [-0.1, -0.05) is 18.5 Å². The van der Waals surface area contributed by atoms with Crippen molar-refractivity contribution < 1.29 is 4.74 Å². The molecule has 1 N–H and O–H groups in total. The lowest BCUT2D eigenvalue weighted by atomic mass is 9.99. The lowest BCUT2D eigenvalue weighted by molar-refractivity contribution is 0.340. The fourth-order valence-electron chi connectivity index (χ4n) is 1.90. The summed E-state index contributed by atoms with van der Waals surface area (Å²) in [5, 5.41) is 4.02. The number of benzene rings is 1. The Morgan fingerprint density at radius 1 is 1.35 bits per heavy atom. The minimum atomic E-state index is 0.503. The number of rotatable bonds is 6. The Hall–Kier alpha value is -0.730. The van der Waals surface area contributed by atoms with E-state index >= 15 is 0 Å². The second-order valence-corrected chi connectivity index (χ2v) is 4.65. The Morgan fingerprint density at radius 2 is 2.06 bits per heavy atom. The Morgan fingerprint density at radius 3 is 2.59 bits per heavy atom. The summed E-state index contributed by atoms with van der Waals surface area (Å²) >= 11 is 6.20. The van der Waals surface area contributed by atoms with E-state index in [9.17, 15) is 0 Å². The predicted octanol–water partition coefficient (Wildman–Crippen LogP) is 3.59. The fourth-order valence-corrected chi connectivity index (χ4v) is 2.14. The van der Waals surface area contributed by atoms with Crippen LogP contribution in [0.3, 0.4) is 0 Å². The molecule has 17 heavy (non-hydrogen) atoms. The van der Waals surface area contributed by atoms with E-state index in [1.54, 1.807) is 0 Å². The third-order valence-electron chi connectivity index (χ3n) is 3.06. The molecule has 0 aromatic heterocycles. The first-order valence-electron chi connectivity index (χ1n) is 6.21. The van der Waals surface area contributed by atoms with Crippen LogP contribution >= 0.6 is 11.6 Å². The first-order chi connectivity index (χ1) is 8.12. The summed E-state index contributed by atoms with van der Waals surface area (Å²) < 4.78 is 5.48. The van der Waals surface area contributed by atoms with Gasteiger partial charge < -0.3 is 10.1 Å². The molecule has 2 nitrogen and oxygen atoms in total. The third kappa shape index (κ3) is 3.90. The van der Waals surface area contributed by atoms with E-state index in [1.807, 2.05) is 26.1 Å². The lowest BCUT2D eigenvalue weighted by Gasteiger charge is -2.17. The van der Waals surface area contributed by atoms with Gasteiger partial charge in [0.1, 0.15) is 5.75 Å². The van der Waals surface area contributed by atoms with Crippen molar-refractivity contribution in [3.05, 3.63) is 28.3 Å². The second kappa shape index (κ2) is 6.87. The number of aryl methyl sites for hydroxylation is 1. The van der Waals surface area contributed by atoms with Gasteiger partial charge >= 0.3 is 0 Å². The van der Waals surface area contributed by atoms with Crippen LogP contribution in [0.2, 0.25) is 5.02 Å². The molecule has 3 heteroatoms. The monoisotopic (exact) mass is 255 g/mol. The Kier molecular flexibility index (Phi) is 5.79. The van der Waals surface area contributed by atoms with Crippen LogP contribution in [0.15, 0.2) is 12.1 Å². The van der Waals surface area contributed by atoms with E-state index < -0.39 is 0 Å². The van der Waals surface area contributed by atoms with E-state index in [-0.39, 0.29) is 0 Å². The van der Waals surface area contributed by atoms with Crippen LogP contribution in [0, 0.1) is 6.92 Å². The van der Waals surface area contributed by atoms with Gasteiger partial charge in [-0.15, -0.1) is 0 Å². The Labute approximate surface area is 109 Å². The highest BCUT2D eigenvalue weighted by Gasteiger charge is 2.10. The molecule has 0 radical (unpaired) electrons. The van der Waals surface area contributed by atoms with Crippen molar-refractivity contribution in [1.82, 2.24) is 5.32 Å². The average molecular weight is 256 g/mol. The zero-order valence-electron chi connectivity index (χ0n) is 11.1. The lowest BCUT2D eigenvalue weighted by Crippen LogP contribution is -2.26. The van der Waals surface area contributed by atoms with Gasteiger partial charge in [0.25, 0.3) is 0 Å². The average Bonchev–Trinajstić information content (AvgIpc) is 2.32. The number of hydrogen-bond donors (Lipinski definition) is 1. The minimum Gasteiger partial charge on any atom is -0.492 e. The van der Waals surface area contributed by atoms with Crippen molar-refractivity contribution in [3.63, 3.8) is 0 Å². The van der Waals surface area contributed by atoms with Crippen molar-refractivity contribution in [3.8, 4) is 5.75 Å². The topological polar surface area (TPSA) is 21.3 Å². The number of ether oxygens (including phenoxy) is 1. The molecule has 0 amide bonds. The molecular weight excluding hydrogens is 234 g/mol. The van der Waals surface area contributed by atoms with Gasteiger partial charge in [0, 0.05) is 6.04 Å². The molecule has 0 bridgehead atoms. The maximum Gasteiger partial charge on any atom is 0.138 e. The van der Waals surface area contributed by atoms with Gasteiger partial charge in [0.2, 0.25) is 0 Å². The zero-order valence-corrected chi connectivity index (χ0v) is 11.9. The SMILES string of the molecule is CCOc1cc(C)c(CC(CC)NC)cc1Cl. The highest BCUT2D eigenvalue weighted by Crippen LogP contribution is 2.29. The van der Waals surface area contributed by atoms with E-state index in [2.05, 4.69) is 19.2 Å². The first-order valence-corrected chi connectivity index (χ1v) is 6.59. The number of nitrogens with one attached hydrogen (secondary N) is 1. The largest absolute Gasteiger partial charge is 0.492 e. The van der Waals surface area contributed by atoms with Gasteiger partial charge in [-0.05, 0) is 57.0 Å². The van der Waals surface area contributed by atoms with E-state index in [0.717, 1.165) is 18.6 Å². The molecule has 1 rings (SSSR count). The predicted molar refractivity (Wildman–Crippen MR) is 74.2 cm³/mol. The number of hydrogen-bond acceptors (Lipinski definition) is 2. The van der Waals surface area contributed by atoms with Crippen LogP contribution in [-0.2, 0) is 6.42 Å².